The molecule has 0 aromatic heterocycles. The van der Waals surface area contributed by atoms with Gasteiger partial charge in [-0.25, -0.2) is 0 Å². The zero-order valence-corrected chi connectivity index (χ0v) is 11.9. The molecule has 6 heteroatoms. The first-order valence-corrected chi connectivity index (χ1v) is 6.70. The molecule has 0 saturated carbocycles. The van der Waals surface area contributed by atoms with Crippen LogP contribution in [0.5, 0.6) is 0 Å². The van der Waals surface area contributed by atoms with E-state index in [1.165, 1.54) is 0 Å². The Bertz CT molecular complexity index is 639. The lowest BCUT2D eigenvalue weighted by atomic mass is 10.2. The molecule has 0 atom stereocenters. The summed E-state index contributed by atoms with van der Waals surface area (Å²) in [5.41, 5.74) is 7.75. The van der Waals surface area contributed by atoms with Crippen molar-refractivity contribution in [3.8, 4) is 0 Å². The largest absolute Gasteiger partial charge is 0.460 e. The van der Waals surface area contributed by atoms with E-state index in [4.69, 9.17) is 15.7 Å². The number of nitrogens with zero attached hydrogens (tertiary/aromatic N) is 1. The standard InChI is InChI=1S/C16H17N3O3/c17-16(19-21)13-6-8-14(9-7-13)18-10-15(20)22-11-12-4-2-1-3-5-12/h1-9,18,21H,10-11H2,(H2,17,19). The zero-order valence-electron chi connectivity index (χ0n) is 11.9. The highest BCUT2D eigenvalue weighted by molar-refractivity contribution is 5.97. The van der Waals surface area contributed by atoms with Gasteiger partial charge in [-0.2, -0.15) is 0 Å². The summed E-state index contributed by atoms with van der Waals surface area (Å²) < 4.78 is 5.16. The maximum Gasteiger partial charge on any atom is 0.325 e. The van der Waals surface area contributed by atoms with Gasteiger partial charge in [0.1, 0.15) is 13.2 Å². The van der Waals surface area contributed by atoms with Gasteiger partial charge in [-0.1, -0.05) is 35.5 Å². The van der Waals surface area contributed by atoms with Crippen LogP contribution in [0.25, 0.3) is 0 Å². The average Bonchev–Trinajstić information content (AvgIpc) is 2.58. The van der Waals surface area contributed by atoms with Gasteiger partial charge >= 0.3 is 5.97 Å². The molecule has 114 valence electrons. The van der Waals surface area contributed by atoms with Crippen LogP contribution in [0.2, 0.25) is 0 Å². The number of hydrogen-bond donors (Lipinski definition) is 3. The first-order valence-electron chi connectivity index (χ1n) is 6.70. The number of ether oxygens (including phenoxy) is 1. The molecule has 0 amide bonds. The second-order valence-electron chi connectivity index (χ2n) is 4.56. The number of carbonyl (C=O) groups is 1. The van der Waals surface area contributed by atoms with E-state index < -0.39 is 0 Å². The number of anilines is 1. The van der Waals surface area contributed by atoms with Crippen molar-refractivity contribution in [1.29, 1.82) is 0 Å². The third-order valence-corrected chi connectivity index (χ3v) is 2.97. The summed E-state index contributed by atoms with van der Waals surface area (Å²) in [5.74, 6) is -0.307. The molecule has 0 heterocycles. The fraction of sp³-hybridized carbons (Fsp3) is 0.125. The minimum Gasteiger partial charge on any atom is -0.460 e. The monoisotopic (exact) mass is 299 g/mol. The van der Waals surface area contributed by atoms with Gasteiger partial charge in [-0.15, -0.1) is 0 Å². The third-order valence-electron chi connectivity index (χ3n) is 2.97. The molecular weight excluding hydrogens is 282 g/mol. The molecule has 0 fully saturated rings. The molecule has 4 N–H and O–H groups in total. The number of hydrogen-bond acceptors (Lipinski definition) is 5. The van der Waals surface area contributed by atoms with Gasteiger partial charge < -0.3 is 21.0 Å². The molecule has 0 unspecified atom stereocenters. The van der Waals surface area contributed by atoms with Crippen LogP contribution in [-0.4, -0.2) is 23.6 Å². The first-order chi connectivity index (χ1) is 10.7. The van der Waals surface area contributed by atoms with Crippen molar-refractivity contribution in [2.24, 2.45) is 10.9 Å². The number of amidine groups is 1. The predicted octanol–water partition coefficient (Wildman–Crippen LogP) is 1.94. The summed E-state index contributed by atoms with van der Waals surface area (Å²) in [6, 6.07) is 16.3. The predicted molar refractivity (Wildman–Crippen MR) is 83.7 cm³/mol. The van der Waals surface area contributed by atoms with Crippen molar-refractivity contribution >= 4 is 17.5 Å². The molecular formula is C16H17N3O3. The van der Waals surface area contributed by atoms with Crippen LogP contribution in [-0.2, 0) is 16.1 Å². The smallest absolute Gasteiger partial charge is 0.325 e. The first kappa shape index (κ1) is 15.4. The highest BCUT2D eigenvalue weighted by Gasteiger charge is 2.04. The zero-order chi connectivity index (χ0) is 15.8. The summed E-state index contributed by atoms with van der Waals surface area (Å²) in [5, 5.41) is 14.4. The third kappa shape index (κ3) is 4.52. The van der Waals surface area contributed by atoms with Crippen LogP contribution in [0.4, 0.5) is 5.69 Å². The number of benzene rings is 2. The van der Waals surface area contributed by atoms with E-state index >= 15 is 0 Å². The average molecular weight is 299 g/mol. The Labute approximate surface area is 128 Å². The highest BCUT2D eigenvalue weighted by atomic mass is 16.5. The van der Waals surface area contributed by atoms with Crippen LogP contribution in [0.1, 0.15) is 11.1 Å². The van der Waals surface area contributed by atoms with Crippen molar-refractivity contribution in [1.82, 2.24) is 0 Å². The van der Waals surface area contributed by atoms with Gasteiger partial charge in [0.25, 0.3) is 0 Å². The highest BCUT2D eigenvalue weighted by Crippen LogP contribution is 2.09. The van der Waals surface area contributed by atoms with Gasteiger partial charge in [0, 0.05) is 11.3 Å². The van der Waals surface area contributed by atoms with Gasteiger partial charge in [0.05, 0.1) is 0 Å². The van der Waals surface area contributed by atoms with Gasteiger partial charge in [0.15, 0.2) is 5.84 Å². The minimum absolute atomic E-state index is 0.0359. The van der Waals surface area contributed by atoms with Crippen molar-refractivity contribution in [3.63, 3.8) is 0 Å². The summed E-state index contributed by atoms with van der Waals surface area (Å²) in [6.45, 7) is 0.319. The van der Waals surface area contributed by atoms with E-state index in [0.29, 0.717) is 5.56 Å². The number of rotatable bonds is 6. The quantitative estimate of drug-likeness (QED) is 0.249. The second-order valence-corrected chi connectivity index (χ2v) is 4.56. The molecule has 0 bridgehead atoms. The molecule has 0 spiro atoms. The molecule has 0 aliphatic rings. The van der Waals surface area contributed by atoms with Gasteiger partial charge in [-0.3, -0.25) is 4.79 Å². The van der Waals surface area contributed by atoms with E-state index in [9.17, 15) is 4.79 Å². The Morgan fingerprint density at radius 2 is 1.82 bits per heavy atom. The van der Waals surface area contributed by atoms with E-state index in [2.05, 4.69) is 10.5 Å². The van der Waals surface area contributed by atoms with Gasteiger partial charge in [0.2, 0.25) is 0 Å². The number of esters is 1. The molecule has 2 aromatic carbocycles. The normalized spacial score (nSPS) is 11.0. The topological polar surface area (TPSA) is 96.9 Å². The molecule has 0 radical (unpaired) electrons. The van der Waals surface area contributed by atoms with Crippen LogP contribution in [0.15, 0.2) is 59.8 Å². The maximum absolute atomic E-state index is 11.7. The van der Waals surface area contributed by atoms with Crippen molar-refractivity contribution in [2.45, 2.75) is 6.61 Å². The van der Waals surface area contributed by atoms with E-state index in [1.54, 1.807) is 24.3 Å². The Morgan fingerprint density at radius 3 is 2.45 bits per heavy atom. The summed E-state index contributed by atoms with van der Waals surface area (Å²) >= 11 is 0. The van der Waals surface area contributed by atoms with E-state index in [0.717, 1.165) is 11.3 Å². The molecule has 2 rings (SSSR count). The fourth-order valence-electron chi connectivity index (χ4n) is 1.78. The van der Waals surface area contributed by atoms with Crippen molar-refractivity contribution < 1.29 is 14.7 Å². The van der Waals surface area contributed by atoms with Crippen LogP contribution in [0.3, 0.4) is 0 Å². The summed E-state index contributed by atoms with van der Waals surface area (Å²) in [4.78, 5) is 11.7. The molecule has 0 aliphatic heterocycles. The molecule has 0 saturated heterocycles. The van der Waals surface area contributed by atoms with E-state index in [1.807, 2.05) is 30.3 Å². The lowest BCUT2D eigenvalue weighted by Gasteiger charge is -2.08. The Morgan fingerprint density at radius 1 is 1.14 bits per heavy atom. The fourth-order valence-corrected chi connectivity index (χ4v) is 1.78. The lowest BCUT2D eigenvalue weighted by Crippen LogP contribution is -2.17. The number of oxime groups is 1. The second kappa shape index (κ2) is 7.68. The molecule has 22 heavy (non-hydrogen) atoms. The Kier molecular flexibility index (Phi) is 5.37. The van der Waals surface area contributed by atoms with Crippen LogP contribution in [0, 0.1) is 0 Å². The SMILES string of the molecule is N/C(=N\O)c1ccc(NCC(=O)OCc2ccccc2)cc1. The van der Waals surface area contributed by atoms with Crippen LogP contribution >= 0.6 is 0 Å². The summed E-state index contributed by atoms with van der Waals surface area (Å²) in [7, 11) is 0. The Hall–Kier alpha value is -3.02. The lowest BCUT2D eigenvalue weighted by molar-refractivity contribution is -0.142. The van der Waals surface area contributed by atoms with Crippen LogP contribution < -0.4 is 11.1 Å². The van der Waals surface area contributed by atoms with E-state index in [-0.39, 0.29) is 25.0 Å². The number of carbonyl (C=O) groups excluding carboxylic acids is 1. The number of nitrogens with one attached hydrogen (secondary N) is 1. The molecule has 2 aromatic rings. The van der Waals surface area contributed by atoms with Crippen molar-refractivity contribution in [3.05, 3.63) is 65.7 Å². The van der Waals surface area contributed by atoms with Gasteiger partial charge in [-0.05, 0) is 29.8 Å². The maximum atomic E-state index is 11.7. The molecule has 0 aliphatic carbocycles. The van der Waals surface area contributed by atoms with Crippen molar-refractivity contribution in [2.75, 3.05) is 11.9 Å². The summed E-state index contributed by atoms with van der Waals surface area (Å²) in [6.07, 6.45) is 0. The number of nitrogens with two attached hydrogens (primary N) is 1. The minimum atomic E-state index is -0.343. The Balaban J connectivity index is 1.79. The molecule has 6 nitrogen and oxygen atoms in total.